The third-order valence-corrected chi connectivity index (χ3v) is 3.56. The highest BCUT2D eigenvalue weighted by atomic mass is 16.2. The van der Waals surface area contributed by atoms with E-state index in [1.54, 1.807) is 18.1 Å². The number of hydrogen-bond donors (Lipinski definition) is 1. The van der Waals surface area contributed by atoms with E-state index in [4.69, 9.17) is 0 Å². The average molecular weight is 278 g/mol. The van der Waals surface area contributed by atoms with E-state index in [2.05, 4.69) is 9.97 Å². The van der Waals surface area contributed by atoms with Gasteiger partial charge in [0, 0.05) is 44.9 Å². The molecule has 1 aromatic heterocycles. The van der Waals surface area contributed by atoms with Crippen LogP contribution in [0.4, 0.5) is 0 Å². The number of imidazole rings is 1. The Balaban J connectivity index is 1.69. The van der Waals surface area contributed by atoms with Crippen molar-refractivity contribution in [2.75, 3.05) is 20.1 Å². The van der Waals surface area contributed by atoms with Crippen molar-refractivity contribution >= 4 is 11.8 Å². The first-order chi connectivity index (χ1) is 9.56. The maximum atomic E-state index is 12.0. The van der Waals surface area contributed by atoms with Crippen LogP contribution in [0.25, 0.3) is 0 Å². The second kappa shape index (κ2) is 6.54. The number of carbonyl (C=O) groups is 2. The van der Waals surface area contributed by atoms with E-state index in [1.165, 1.54) is 0 Å². The molecule has 1 aliphatic rings. The van der Waals surface area contributed by atoms with Crippen LogP contribution in [-0.4, -0.2) is 51.7 Å². The maximum absolute atomic E-state index is 12.0. The number of aryl methyl sites for hydroxylation is 1. The fourth-order valence-electron chi connectivity index (χ4n) is 2.41. The van der Waals surface area contributed by atoms with Gasteiger partial charge >= 0.3 is 0 Å². The lowest BCUT2D eigenvalue weighted by Gasteiger charge is -2.18. The molecule has 0 aliphatic carbocycles. The summed E-state index contributed by atoms with van der Waals surface area (Å²) in [7, 11) is 1.78. The minimum Gasteiger partial charge on any atom is -0.345 e. The van der Waals surface area contributed by atoms with Crippen LogP contribution in [0, 0.1) is 6.92 Å². The van der Waals surface area contributed by atoms with Crippen LogP contribution in [0.3, 0.4) is 0 Å². The second-order valence-electron chi connectivity index (χ2n) is 5.35. The predicted octanol–water partition coefficient (Wildman–Crippen LogP) is 1.08. The van der Waals surface area contributed by atoms with E-state index in [9.17, 15) is 9.59 Å². The van der Waals surface area contributed by atoms with Gasteiger partial charge in [-0.15, -0.1) is 0 Å². The molecule has 110 valence electrons. The SMILES string of the molecule is Cc1cnc(CN(C)C(=O)CCCN2CCCC2=O)[nH]1. The highest BCUT2D eigenvalue weighted by Gasteiger charge is 2.20. The van der Waals surface area contributed by atoms with E-state index in [0.29, 0.717) is 25.9 Å². The van der Waals surface area contributed by atoms with Crippen molar-refractivity contribution in [1.82, 2.24) is 19.8 Å². The molecule has 1 saturated heterocycles. The molecule has 1 aromatic rings. The Labute approximate surface area is 119 Å². The van der Waals surface area contributed by atoms with Crippen molar-refractivity contribution in [2.45, 2.75) is 39.2 Å². The van der Waals surface area contributed by atoms with E-state index in [1.807, 2.05) is 11.8 Å². The lowest BCUT2D eigenvalue weighted by molar-refractivity contribution is -0.132. The lowest BCUT2D eigenvalue weighted by Crippen LogP contribution is -2.29. The Morgan fingerprint density at radius 1 is 1.55 bits per heavy atom. The number of amides is 2. The summed E-state index contributed by atoms with van der Waals surface area (Å²) in [6.07, 6.45) is 4.56. The quantitative estimate of drug-likeness (QED) is 0.846. The molecule has 0 saturated carbocycles. The van der Waals surface area contributed by atoms with Crippen molar-refractivity contribution in [2.24, 2.45) is 0 Å². The Morgan fingerprint density at radius 2 is 2.35 bits per heavy atom. The first kappa shape index (κ1) is 14.6. The van der Waals surface area contributed by atoms with Crippen LogP contribution in [-0.2, 0) is 16.1 Å². The van der Waals surface area contributed by atoms with Gasteiger partial charge in [0.1, 0.15) is 5.82 Å². The largest absolute Gasteiger partial charge is 0.345 e. The molecule has 0 bridgehead atoms. The van der Waals surface area contributed by atoms with Gasteiger partial charge in [0.2, 0.25) is 11.8 Å². The monoisotopic (exact) mass is 278 g/mol. The summed E-state index contributed by atoms with van der Waals surface area (Å²) in [5.74, 6) is 1.11. The van der Waals surface area contributed by atoms with E-state index < -0.39 is 0 Å². The Hall–Kier alpha value is -1.85. The van der Waals surface area contributed by atoms with Gasteiger partial charge in [0.05, 0.1) is 6.54 Å². The molecule has 2 amide bonds. The summed E-state index contributed by atoms with van der Waals surface area (Å²) in [6, 6.07) is 0. The van der Waals surface area contributed by atoms with Crippen molar-refractivity contribution in [1.29, 1.82) is 0 Å². The highest BCUT2D eigenvalue weighted by Crippen LogP contribution is 2.11. The number of carbonyl (C=O) groups excluding carboxylic acids is 2. The fourth-order valence-corrected chi connectivity index (χ4v) is 2.41. The van der Waals surface area contributed by atoms with Gasteiger partial charge in [0.25, 0.3) is 0 Å². The molecule has 1 N–H and O–H groups in total. The van der Waals surface area contributed by atoms with E-state index in [0.717, 1.165) is 30.9 Å². The number of aromatic amines is 1. The Bertz CT molecular complexity index is 483. The normalized spacial score (nSPS) is 14.9. The number of hydrogen-bond acceptors (Lipinski definition) is 3. The van der Waals surface area contributed by atoms with Gasteiger partial charge in [0.15, 0.2) is 0 Å². The zero-order valence-corrected chi connectivity index (χ0v) is 12.2. The molecular weight excluding hydrogens is 256 g/mol. The average Bonchev–Trinajstić information content (AvgIpc) is 2.99. The van der Waals surface area contributed by atoms with E-state index >= 15 is 0 Å². The number of H-pyrrole nitrogens is 1. The van der Waals surface area contributed by atoms with Crippen molar-refractivity contribution in [3.05, 3.63) is 17.7 Å². The molecule has 0 aromatic carbocycles. The number of nitrogens with zero attached hydrogens (tertiary/aromatic N) is 3. The number of likely N-dealkylation sites (tertiary alicyclic amines) is 1. The highest BCUT2D eigenvalue weighted by molar-refractivity contribution is 5.78. The van der Waals surface area contributed by atoms with Gasteiger partial charge in [-0.05, 0) is 19.8 Å². The number of aromatic nitrogens is 2. The molecule has 0 atom stereocenters. The van der Waals surface area contributed by atoms with Crippen LogP contribution in [0.1, 0.15) is 37.2 Å². The molecule has 0 radical (unpaired) electrons. The molecule has 1 aliphatic heterocycles. The Morgan fingerprint density at radius 3 is 2.95 bits per heavy atom. The molecule has 2 heterocycles. The predicted molar refractivity (Wildman–Crippen MR) is 74.8 cm³/mol. The van der Waals surface area contributed by atoms with Crippen molar-refractivity contribution < 1.29 is 9.59 Å². The molecule has 6 nitrogen and oxygen atoms in total. The molecule has 2 rings (SSSR count). The van der Waals surface area contributed by atoms with Crippen LogP contribution in [0.5, 0.6) is 0 Å². The topological polar surface area (TPSA) is 69.3 Å². The van der Waals surface area contributed by atoms with E-state index in [-0.39, 0.29) is 11.8 Å². The van der Waals surface area contributed by atoms with Gasteiger partial charge in [-0.2, -0.15) is 0 Å². The number of rotatable bonds is 6. The second-order valence-corrected chi connectivity index (χ2v) is 5.35. The smallest absolute Gasteiger partial charge is 0.222 e. The minimum atomic E-state index is 0.0886. The summed E-state index contributed by atoms with van der Waals surface area (Å²) in [5.41, 5.74) is 0.994. The van der Waals surface area contributed by atoms with Gasteiger partial charge < -0.3 is 14.8 Å². The zero-order chi connectivity index (χ0) is 14.5. The maximum Gasteiger partial charge on any atom is 0.222 e. The summed E-state index contributed by atoms with van der Waals surface area (Å²) >= 11 is 0. The Kier molecular flexibility index (Phi) is 4.76. The molecular formula is C14H22N4O2. The first-order valence-corrected chi connectivity index (χ1v) is 7.08. The zero-order valence-electron chi connectivity index (χ0n) is 12.2. The first-order valence-electron chi connectivity index (χ1n) is 7.08. The van der Waals surface area contributed by atoms with Crippen molar-refractivity contribution in [3.8, 4) is 0 Å². The minimum absolute atomic E-state index is 0.0886. The lowest BCUT2D eigenvalue weighted by atomic mass is 10.2. The van der Waals surface area contributed by atoms with Gasteiger partial charge in [-0.3, -0.25) is 9.59 Å². The van der Waals surface area contributed by atoms with Gasteiger partial charge in [-0.25, -0.2) is 4.98 Å². The molecule has 20 heavy (non-hydrogen) atoms. The van der Waals surface area contributed by atoms with Crippen LogP contribution in [0.2, 0.25) is 0 Å². The standard InChI is InChI=1S/C14H22N4O2/c1-11-9-15-12(16-11)10-17(2)13(19)5-3-7-18-8-4-6-14(18)20/h9H,3-8,10H2,1-2H3,(H,15,16). The van der Waals surface area contributed by atoms with Crippen molar-refractivity contribution in [3.63, 3.8) is 0 Å². The molecule has 6 heteroatoms. The summed E-state index contributed by atoms with van der Waals surface area (Å²) in [5, 5.41) is 0. The van der Waals surface area contributed by atoms with Crippen LogP contribution in [0.15, 0.2) is 6.20 Å². The van der Waals surface area contributed by atoms with Gasteiger partial charge in [-0.1, -0.05) is 0 Å². The summed E-state index contributed by atoms with van der Waals surface area (Å²) < 4.78 is 0. The summed E-state index contributed by atoms with van der Waals surface area (Å²) in [4.78, 5) is 34.3. The third-order valence-electron chi connectivity index (χ3n) is 3.56. The summed E-state index contributed by atoms with van der Waals surface area (Å²) in [6.45, 7) is 3.97. The van der Waals surface area contributed by atoms with Crippen LogP contribution < -0.4 is 0 Å². The molecule has 0 spiro atoms. The number of nitrogens with one attached hydrogen (secondary N) is 1. The molecule has 0 unspecified atom stereocenters. The fraction of sp³-hybridized carbons (Fsp3) is 0.643. The van der Waals surface area contributed by atoms with Crippen LogP contribution >= 0.6 is 0 Å². The third kappa shape index (κ3) is 3.82. The molecule has 1 fully saturated rings.